The first-order chi connectivity index (χ1) is 12.2. The fourth-order valence-corrected chi connectivity index (χ4v) is 4.19. The molecule has 2 heterocycles. The number of nitrogens with zero attached hydrogens (tertiary/aromatic N) is 5. The number of rotatable bonds is 4. The number of thioether (sulfide) groups is 1. The van der Waals surface area contributed by atoms with Gasteiger partial charge in [0, 0.05) is 37.7 Å². The van der Waals surface area contributed by atoms with E-state index in [1.807, 2.05) is 7.05 Å². The normalized spacial score (nSPS) is 18.6. The molecule has 0 bridgehead atoms. The Labute approximate surface area is 153 Å². The topological polar surface area (TPSA) is 58.3 Å². The lowest BCUT2D eigenvalue weighted by Gasteiger charge is -2.36. The molecule has 3 rings (SSSR count). The summed E-state index contributed by atoms with van der Waals surface area (Å²) < 4.78 is 1.76. The molecule has 1 aromatic carbocycles. The maximum absolute atomic E-state index is 4.48. The van der Waals surface area contributed by atoms with Gasteiger partial charge < -0.3 is 10.2 Å². The number of aliphatic imine (C=N–C) groups is 1. The van der Waals surface area contributed by atoms with Crippen molar-refractivity contribution in [3.05, 3.63) is 42.5 Å². The van der Waals surface area contributed by atoms with Crippen LogP contribution in [0.4, 0.5) is 0 Å². The Hall–Kier alpha value is -2.02. The molecule has 2 aromatic rings. The second-order valence-corrected chi connectivity index (χ2v) is 7.85. The van der Waals surface area contributed by atoms with Crippen LogP contribution in [0.3, 0.4) is 0 Å². The summed E-state index contributed by atoms with van der Waals surface area (Å²) in [6.45, 7) is 7.48. The van der Waals surface area contributed by atoms with E-state index in [9.17, 15) is 0 Å². The lowest BCUT2D eigenvalue weighted by atomic mass is 10.1. The van der Waals surface area contributed by atoms with E-state index in [1.54, 1.807) is 17.3 Å². The SMILES string of the molecule is CN=C(NCc1ccc(-n2cncn2)cc1)N1CCSC(C(C)C)C1. The van der Waals surface area contributed by atoms with Gasteiger partial charge in [0.25, 0.3) is 0 Å². The molecule has 1 N–H and O–H groups in total. The molecule has 1 aliphatic rings. The van der Waals surface area contributed by atoms with E-state index in [-0.39, 0.29) is 0 Å². The molecule has 1 saturated heterocycles. The Morgan fingerprint density at radius 1 is 1.36 bits per heavy atom. The van der Waals surface area contributed by atoms with Crippen LogP contribution >= 0.6 is 11.8 Å². The van der Waals surface area contributed by atoms with Gasteiger partial charge in [0.2, 0.25) is 0 Å². The van der Waals surface area contributed by atoms with E-state index in [0.717, 1.165) is 37.0 Å². The maximum atomic E-state index is 4.48. The van der Waals surface area contributed by atoms with Gasteiger partial charge in [-0.05, 0) is 23.6 Å². The third kappa shape index (κ3) is 4.54. The van der Waals surface area contributed by atoms with Gasteiger partial charge in [0.05, 0.1) is 5.69 Å². The van der Waals surface area contributed by atoms with Crippen LogP contribution in [-0.4, -0.2) is 56.8 Å². The minimum Gasteiger partial charge on any atom is -0.352 e. The zero-order chi connectivity index (χ0) is 17.6. The highest BCUT2D eigenvalue weighted by Crippen LogP contribution is 2.24. The molecular formula is C18H26N6S. The molecule has 0 saturated carbocycles. The Bertz CT molecular complexity index is 680. The van der Waals surface area contributed by atoms with Gasteiger partial charge in [0.1, 0.15) is 12.7 Å². The van der Waals surface area contributed by atoms with Crippen LogP contribution in [-0.2, 0) is 6.54 Å². The first-order valence-electron chi connectivity index (χ1n) is 8.68. The molecular weight excluding hydrogens is 332 g/mol. The Kier molecular flexibility index (Phi) is 5.96. The molecule has 134 valence electrons. The molecule has 1 fully saturated rings. The summed E-state index contributed by atoms with van der Waals surface area (Å²) in [5.74, 6) is 2.84. The predicted molar refractivity (Wildman–Crippen MR) is 104 cm³/mol. The molecule has 1 aliphatic heterocycles. The first kappa shape index (κ1) is 17.8. The van der Waals surface area contributed by atoms with Gasteiger partial charge in [-0.25, -0.2) is 9.67 Å². The van der Waals surface area contributed by atoms with Crippen molar-refractivity contribution < 1.29 is 0 Å². The smallest absolute Gasteiger partial charge is 0.193 e. The monoisotopic (exact) mass is 358 g/mol. The summed E-state index contributed by atoms with van der Waals surface area (Å²) in [5, 5.41) is 8.32. The van der Waals surface area contributed by atoms with Crippen molar-refractivity contribution in [3.63, 3.8) is 0 Å². The number of aromatic nitrogens is 3. The molecule has 1 unspecified atom stereocenters. The van der Waals surface area contributed by atoms with Crippen LogP contribution in [0, 0.1) is 5.92 Å². The van der Waals surface area contributed by atoms with E-state index in [4.69, 9.17) is 0 Å². The third-order valence-electron chi connectivity index (χ3n) is 4.42. The number of hydrogen-bond acceptors (Lipinski definition) is 4. The van der Waals surface area contributed by atoms with Gasteiger partial charge in [-0.3, -0.25) is 4.99 Å². The highest BCUT2D eigenvalue weighted by atomic mass is 32.2. The van der Waals surface area contributed by atoms with Crippen molar-refractivity contribution >= 4 is 17.7 Å². The van der Waals surface area contributed by atoms with Gasteiger partial charge in [-0.1, -0.05) is 26.0 Å². The Morgan fingerprint density at radius 3 is 2.80 bits per heavy atom. The molecule has 0 radical (unpaired) electrons. The largest absolute Gasteiger partial charge is 0.352 e. The molecule has 6 nitrogen and oxygen atoms in total. The summed E-state index contributed by atoms with van der Waals surface area (Å²) >= 11 is 2.08. The van der Waals surface area contributed by atoms with E-state index in [0.29, 0.717) is 11.2 Å². The predicted octanol–water partition coefficient (Wildman–Crippen LogP) is 2.42. The lowest BCUT2D eigenvalue weighted by Crippen LogP contribution is -2.48. The molecule has 0 amide bonds. The second-order valence-electron chi connectivity index (χ2n) is 6.51. The van der Waals surface area contributed by atoms with Crippen LogP contribution in [0.5, 0.6) is 0 Å². The van der Waals surface area contributed by atoms with Gasteiger partial charge in [-0.15, -0.1) is 0 Å². The minimum absolute atomic E-state index is 0.675. The average molecular weight is 359 g/mol. The Balaban J connectivity index is 1.58. The molecule has 1 atom stereocenters. The van der Waals surface area contributed by atoms with Crippen molar-refractivity contribution in [1.29, 1.82) is 0 Å². The van der Waals surface area contributed by atoms with E-state index in [1.165, 1.54) is 5.56 Å². The molecule has 0 spiro atoms. The molecule has 25 heavy (non-hydrogen) atoms. The average Bonchev–Trinajstić information content (AvgIpc) is 3.18. The number of guanidine groups is 1. The fraction of sp³-hybridized carbons (Fsp3) is 0.500. The van der Waals surface area contributed by atoms with E-state index in [2.05, 4.69) is 75.2 Å². The fourth-order valence-electron chi connectivity index (χ4n) is 2.89. The summed E-state index contributed by atoms with van der Waals surface area (Å²) in [7, 11) is 1.86. The van der Waals surface area contributed by atoms with Crippen LogP contribution in [0.25, 0.3) is 5.69 Å². The van der Waals surface area contributed by atoms with E-state index >= 15 is 0 Å². The number of benzene rings is 1. The molecule has 0 aliphatic carbocycles. The second kappa shape index (κ2) is 8.38. The summed E-state index contributed by atoms with van der Waals surface area (Å²) in [4.78, 5) is 10.8. The lowest BCUT2D eigenvalue weighted by molar-refractivity contribution is 0.380. The van der Waals surface area contributed by atoms with Crippen molar-refractivity contribution in [1.82, 2.24) is 25.0 Å². The highest BCUT2D eigenvalue weighted by molar-refractivity contribution is 8.00. The molecule has 7 heteroatoms. The zero-order valence-electron chi connectivity index (χ0n) is 15.1. The van der Waals surface area contributed by atoms with Crippen LogP contribution < -0.4 is 5.32 Å². The highest BCUT2D eigenvalue weighted by Gasteiger charge is 2.24. The number of hydrogen-bond donors (Lipinski definition) is 1. The summed E-state index contributed by atoms with van der Waals surface area (Å²) in [6, 6.07) is 8.34. The van der Waals surface area contributed by atoms with Crippen LogP contribution in [0.1, 0.15) is 19.4 Å². The van der Waals surface area contributed by atoms with Crippen LogP contribution in [0.15, 0.2) is 41.9 Å². The zero-order valence-corrected chi connectivity index (χ0v) is 15.9. The maximum Gasteiger partial charge on any atom is 0.193 e. The van der Waals surface area contributed by atoms with Crippen molar-refractivity contribution in [2.24, 2.45) is 10.9 Å². The summed E-state index contributed by atoms with van der Waals surface area (Å²) in [6.07, 6.45) is 3.25. The summed E-state index contributed by atoms with van der Waals surface area (Å²) in [5.41, 5.74) is 2.23. The van der Waals surface area contributed by atoms with Crippen molar-refractivity contribution in [3.8, 4) is 5.69 Å². The third-order valence-corrected chi connectivity index (χ3v) is 5.96. The first-order valence-corrected chi connectivity index (χ1v) is 9.73. The minimum atomic E-state index is 0.675. The van der Waals surface area contributed by atoms with Gasteiger partial charge >= 0.3 is 0 Å². The van der Waals surface area contributed by atoms with Gasteiger partial charge in [-0.2, -0.15) is 16.9 Å². The number of nitrogens with one attached hydrogen (secondary N) is 1. The molecule has 1 aromatic heterocycles. The van der Waals surface area contributed by atoms with Crippen molar-refractivity contribution in [2.45, 2.75) is 25.6 Å². The quantitative estimate of drug-likeness (QED) is 0.672. The van der Waals surface area contributed by atoms with Gasteiger partial charge in [0.15, 0.2) is 5.96 Å². The van der Waals surface area contributed by atoms with E-state index < -0.39 is 0 Å². The van der Waals surface area contributed by atoms with Crippen LogP contribution in [0.2, 0.25) is 0 Å². The standard InChI is InChI=1S/C18H26N6S/c1-14(2)17-11-23(8-9-25-17)18(19-3)21-10-15-4-6-16(7-5-15)24-13-20-12-22-24/h4-7,12-14,17H,8-11H2,1-3H3,(H,19,21). The Morgan fingerprint density at radius 2 is 2.16 bits per heavy atom. The van der Waals surface area contributed by atoms with Crippen molar-refractivity contribution in [2.75, 3.05) is 25.9 Å².